The van der Waals surface area contributed by atoms with Gasteiger partial charge in [0.1, 0.15) is 11.5 Å². The summed E-state index contributed by atoms with van der Waals surface area (Å²) in [7, 11) is -3.30. The normalized spacial score (nSPS) is 14.8. The van der Waals surface area contributed by atoms with Crippen LogP contribution in [0, 0.1) is 0 Å². The Balaban J connectivity index is 1.43. The maximum Gasteiger partial charge on any atom is 0.317 e. The third-order valence-corrected chi connectivity index (χ3v) is 7.09. The van der Waals surface area contributed by atoms with E-state index < -0.39 is 10.0 Å². The molecule has 8 nitrogen and oxygen atoms in total. The molecule has 2 aromatic carbocycles. The SMILES string of the molecule is CCCCN(CCCC)C(=O)NC1CCN(Cc2ccc(Oc3ccc(NS(C)(=O)=O)cc3)cc2)CC1. The van der Waals surface area contributed by atoms with Crippen LogP contribution in [0.3, 0.4) is 0 Å². The summed E-state index contributed by atoms with van der Waals surface area (Å²) in [4.78, 5) is 17.2. The molecule has 1 saturated heterocycles. The number of carbonyl (C=O) groups is 1. The minimum absolute atomic E-state index is 0.0947. The maximum atomic E-state index is 12.8. The molecule has 1 heterocycles. The molecule has 0 spiro atoms. The van der Waals surface area contributed by atoms with E-state index in [4.69, 9.17) is 4.74 Å². The number of benzene rings is 2. The number of unbranched alkanes of at least 4 members (excludes halogenated alkanes) is 2. The molecule has 2 aromatic rings. The van der Waals surface area contributed by atoms with Gasteiger partial charge in [0, 0.05) is 44.5 Å². The van der Waals surface area contributed by atoms with Gasteiger partial charge in [-0.1, -0.05) is 38.8 Å². The second-order valence-electron chi connectivity index (χ2n) is 9.84. The van der Waals surface area contributed by atoms with Crippen LogP contribution in [-0.2, 0) is 16.6 Å². The van der Waals surface area contributed by atoms with Gasteiger partial charge in [-0.3, -0.25) is 9.62 Å². The van der Waals surface area contributed by atoms with Crippen LogP contribution >= 0.6 is 0 Å². The lowest BCUT2D eigenvalue weighted by molar-refractivity contribution is 0.168. The van der Waals surface area contributed by atoms with Crippen LogP contribution < -0.4 is 14.8 Å². The van der Waals surface area contributed by atoms with E-state index in [0.29, 0.717) is 11.4 Å². The van der Waals surface area contributed by atoms with Gasteiger partial charge in [-0.2, -0.15) is 0 Å². The van der Waals surface area contributed by atoms with Gasteiger partial charge in [0.25, 0.3) is 0 Å². The topological polar surface area (TPSA) is 91.0 Å². The molecule has 0 unspecified atom stereocenters. The zero-order valence-electron chi connectivity index (χ0n) is 22.4. The van der Waals surface area contributed by atoms with E-state index in [9.17, 15) is 13.2 Å². The summed E-state index contributed by atoms with van der Waals surface area (Å²) in [5.41, 5.74) is 1.71. The third kappa shape index (κ3) is 10.2. The Morgan fingerprint density at radius 3 is 2.00 bits per heavy atom. The number of anilines is 1. The Morgan fingerprint density at radius 1 is 0.946 bits per heavy atom. The number of carbonyl (C=O) groups excluding carboxylic acids is 1. The molecule has 0 aromatic heterocycles. The summed E-state index contributed by atoms with van der Waals surface area (Å²) in [5.74, 6) is 1.36. The van der Waals surface area contributed by atoms with E-state index in [1.54, 1.807) is 24.3 Å². The Bertz CT molecular complexity index is 1060. The van der Waals surface area contributed by atoms with Gasteiger partial charge >= 0.3 is 6.03 Å². The fourth-order valence-electron chi connectivity index (χ4n) is 4.38. The Kier molecular flexibility index (Phi) is 11.1. The summed E-state index contributed by atoms with van der Waals surface area (Å²) in [6, 6.07) is 15.2. The lowest BCUT2D eigenvalue weighted by Gasteiger charge is -2.34. The second kappa shape index (κ2) is 14.2. The number of amides is 2. The number of ether oxygens (including phenoxy) is 1. The first-order valence-corrected chi connectivity index (χ1v) is 15.3. The first-order valence-electron chi connectivity index (χ1n) is 13.4. The number of hydrogen-bond acceptors (Lipinski definition) is 5. The number of urea groups is 1. The van der Waals surface area contributed by atoms with Crippen LogP contribution in [0.25, 0.3) is 0 Å². The predicted molar refractivity (Wildman–Crippen MR) is 150 cm³/mol. The molecule has 0 bridgehead atoms. The van der Waals surface area contributed by atoms with Gasteiger partial charge in [0.15, 0.2) is 0 Å². The second-order valence-corrected chi connectivity index (χ2v) is 11.6. The van der Waals surface area contributed by atoms with Gasteiger partial charge < -0.3 is 15.0 Å². The Morgan fingerprint density at radius 2 is 1.49 bits per heavy atom. The fraction of sp³-hybridized carbons (Fsp3) is 0.536. The van der Waals surface area contributed by atoms with Crippen molar-refractivity contribution in [2.24, 2.45) is 0 Å². The third-order valence-electron chi connectivity index (χ3n) is 6.49. The van der Waals surface area contributed by atoms with Crippen molar-refractivity contribution in [1.29, 1.82) is 0 Å². The maximum absolute atomic E-state index is 12.8. The number of rotatable bonds is 13. The zero-order chi connectivity index (χ0) is 26.7. The van der Waals surface area contributed by atoms with Crippen molar-refractivity contribution < 1.29 is 17.9 Å². The monoisotopic (exact) mass is 530 g/mol. The first kappa shape index (κ1) is 28.8. The fourth-order valence-corrected chi connectivity index (χ4v) is 4.94. The molecule has 1 aliphatic rings. The van der Waals surface area contributed by atoms with Crippen molar-refractivity contribution in [2.75, 3.05) is 37.2 Å². The van der Waals surface area contributed by atoms with Crippen molar-refractivity contribution in [1.82, 2.24) is 15.1 Å². The van der Waals surface area contributed by atoms with Crippen LogP contribution in [-0.4, -0.2) is 62.7 Å². The molecule has 2 N–H and O–H groups in total. The molecule has 3 rings (SSSR count). The van der Waals surface area contributed by atoms with Crippen molar-refractivity contribution in [3.05, 3.63) is 54.1 Å². The molecule has 0 saturated carbocycles. The molecule has 0 radical (unpaired) electrons. The highest BCUT2D eigenvalue weighted by atomic mass is 32.2. The minimum atomic E-state index is -3.30. The summed E-state index contributed by atoms with van der Waals surface area (Å²) in [6.07, 6.45) is 7.34. The molecule has 1 fully saturated rings. The number of piperidine rings is 1. The predicted octanol–water partition coefficient (Wildman–Crippen LogP) is 5.43. The van der Waals surface area contributed by atoms with Crippen LogP contribution in [0.15, 0.2) is 48.5 Å². The average molecular weight is 531 g/mol. The number of sulfonamides is 1. The van der Waals surface area contributed by atoms with E-state index in [-0.39, 0.29) is 12.1 Å². The number of nitrogens with zero attached hydrogens (tertiary/aromatic N) is 2. The van der Waals surface area contributed by atoms with E-state index >= 15 is 0 Å². The molecule has 204 valence electrons. The highest BCUT2D eigenvalue weighted by molar-refractivity contribution is 7.92. The van der Waals surface area contributed by atoms with E-state index in [1.165, 1.54) is 5.56 Å². The Labute approximate surface area is 222 Å². The lowest BCUT2D eigenvalue weighted by Crippen LogP contribution is -2.49. The van der Waals surface area contributed by atoms with E-state index in [1.807, 2.05) is 17.0 Å². The van der Waals surface area contributed by atoms with Crippen LogP contribution in [0.4, 0.5) is 10.5 Å². The molecule has 9 heteroatoms. The van der Waals surface area contributed by atoms with Gasteiger partial charge in [-0.15, -0.1) is 0 Å². The van der Waals surface area contributed by atoms with E-state index in [0.717, 1.165) is 83.3 Å². The minimum Gasteiger partial charge on any atom is -0.457 e. The van der Waals surface area contributed by atoms with Crippen LogP contribution in [0.2, 0.25) is 0 Å². The highest BCUT2D eigenvalue weighted by Crippen LogP contribution is 2.24. The van der Waals surface area contributed by atoms with Crippen molar-refractivity contribution in [3.63, 3.8) is 0 Å². The quantitative estimate of drug-likeness (QED) is 0.361. The van der Waals surface area contributed by atoms with Gasteiger partial charge in [-0.25, -0.2) is 13.2 Å². The zero-order valence-corrected chi connectivity index (χ0v) is 23.2. The van der Waals surface area contributed by atoms with Gasteiger partial charge in [0.2, 0.25) is 10.0 Å². The molecule has 1 aliphatic heterocycles. The molecular weight excluding hydrogens is 488 g/mol. The first-order chi connectivity index (χ1) is 17.8. The summed E-state index contributed by atoms with van der Waals surface area (Å²) < 4.78 is 31.0. The summed E-state index contributed by atoms with van der Waals surface area (Å²) in [6.45, 7) is 8.79. The van der Waals surface area contributed by atoms with Crippen LogP contribution in [0.1, 0.15) is 57.9 Å². The smallest absolute Gasteiger partial charge is 0.317 e. The molecule has 37 heavy (non-hydrogen) atoms. The largest absolute Gasteiger partial charge is 0.457 e. The van der Waals surface area contributed by atoms with Crippen molar-refractivity contribution in [3.8, 4) is 11.5 Å². The summed E-state index contributed by atoms with van der Waals surface area (Å²) >= 11 is 0. The van der Waals surface area contributed by atoms with Gasteiger partial charge in [-0.05, 0) is 67.6 Å². The summed E-state index contributed by atoms with van der Waals surface area (Å²) in [5, 5.41) is 3.28. The molecular formula is C28H42N4O4S. The number of likely N-dealkylation sites (tertiary alicyclic amines) is 1. The average Bonchev–Trinajstić information content (AvgIpc) is 2.87. The molecule has 2 amide bonds. The number of hydrogen-bond donors (Lipinski definition) is 2. The van der Waals surface area contributed by atoms with Gasteiger partial charge in [0.05, 0.1) is 6.26 Å². The van der Waals surface area contributed by atoms with Crippen molar-refractivity contribution >= 4 is 21.7 Å². The van der Waals surface area contributed by atoms with Crippen LogP contribution in [0.5, 0.6) is 11.5 Å². The van der Waals surface area contributed by atoms with E-state index in [2.05, 4.69) is 40.9 Å². The highest BCUT2D eigenvalue weighted by Gasteiger charge is 2.23. The standard InChI is InChI=1S/C28H42N4O4S/c1-4-6-18-32(19-7-5-2)28(33)29-24-16-20-31(21-17-24)22-23-8-12-26(13-9-23)36-27-14-10-25(11-15-27)30-37(3,34)35/h8-15,24,30H,4-7,16-22H2,1-3H3,(H,29,33). The van der Waals surface area contributed by atoms with Crippen molar-refractivity contribution in [2.45, 2.75) is 65.0 Å². The molecule has 0 atom stereocenters. The molecule has 0 aliphatic carbocycles. The Hall–Kier alpha value is -2.78. The number of nitrogens with one attached hydrogen (secondary N) is 2. The lowest BCUT2D eigenvalue weighted by atomic mass is 10.0.